The Labute approximate surface area is 174 Å². The molecule has 160 valence electrons. The van der Waals surface area contributed by atoms with Crippen LogP contribution in [-0.4, -0.2) is 59.9 Å². The van der Waals surface area contributed by atoms with Gasteiger partial charge < -0.3 is 10.4 Å². The van der Waals surface area contributed by atoms with Crippen LogP contribution in [-0.2, 0) is 6.54 Å². The molecule has 0 spiro atoms. The van der Waals surface area contributed by atoms with Gasteiger partial charge in [0, 0.05) is 43.8 Å². The van der Waals surface area contributed by atoms with E-state index in [0.29, 0.717) is 23.4 Å². The number of hydrogen-bond donors (Lipinski definition) is 2. The lowest BCUT2D eigenvalue weighted by atomic mass is 10.0. The Kier molecular flexibility index (Phi) is 6.42. The van der Waals surface area contributed by atoms with Crippen LogP contribution in [0, 0.1) is 0 Å². The zero-order chi connectivity index (χ0) is 21.9. The molecule has 0 bridgehead atoms. The van der Waals surface area contributed by atoms with Crippen molar-refractivity contribution in [2.45, 2.75) is 52.1 Å². The van der Waals surface area contributed by atoms with E-state index >= 15 is 0 Å². The molecular weight excluding hydrogens is 387 g/mol. The smallest absolute Gasteiger partial charge is 0.258 e. The van der Waals surface area contributed by atoms with E-state index in [9.17, 15) is 14.3 Å². The fourth-order valence-electron chi connectivity index (χ4n) is 2.89. The highest BCUT2D eigenvalue weighted by molar-refractivity contribution is 6.03. The van der Waals surface area contributed by atoms with E-state index in [1.807, 2.05) is 18.7 Å². The maximum absolute atomic E-state index is 14.4. The molecule has 3 rings (SSSR count). The molecule has 3 heterocycles. The van der Waals surface area contributed by atoms with Gasteiger partial charge in [0.05, 0.1) is 29.2 Å². The lowest BCUT2D eigenvalue weighted by Crippen LogP contribution is -2.44. The van der Waals surface area contributed by atoms with Crippen molar-refractivity contribution in [2.24, 2.45) is 0 Å². The second-order valence-corrected chi connectivity index (χ2v) is 8.16. The van der Waals surface area contributed by atoms with Crippen molar-refractivity contribution in [3.8, 4) is 0 Å². The van der Waals surface area contributed by atoms with Crippen molar-refractivity contribution in [2.75, 3.05) is 11.9 Å². The molecule has 9 heteroatoms. The first-order valence-electron chi connectivity index (χ1n) is 9.78. The summed E-state index contributed by atoms with van der Waals surface area (Å²) in [6.07, 6.45) is 6.54. The van der Waals surface area contributed by atoms with E-state index in [1.165, 1.54) is 24.6 Å². The quantitative estimate of drug-likeness (QED) is 0.588. The molecule has 2 N–H and O–H groups in total. The van der Waals surface area contributed by atoms with Gasteiger partial charge in [-0.05, 0) is 39.3 Å². The number of fused-ring (bicyclic) bond motifs is 1. The van der Waals surface area contributed by atoms with Crippen molar-refractivity contribution in [3.05, 3.63) is 54.2 Å². The van der Waals surface area contributed by atoms with E-state index in [1.54, 1.807) is 36.9 Å². The fourth-order valence-corrected chi connectivity index (χ4v) is 2.89. The summed E-state index contributed by atoms with van der Waals surface area (Å²) >= 11 is 0. The van der Waals surface area contributed by atoms with Gasteiger partial charge in [-0.25, -0.2) is 13.9 Å². The highest BCUT2D eigenvalue weighted by Gasteiger charge is 2.29. The number of aromatic nitrogens is 4. The highest BCUT2D eigenvalue weighted by Crippen LogP contribution is 2.18. The average Bonchev–Trinajstić information content (AvgIpc) is 3.14. The van der Waals surface area contributed by atoms with E-state index in [2.05, 4.69) is 20.4 Å². The molecule has 1 atom stereocenters. The van der Waals surface area contributed by atoms with Crippen LogP contribution in [0.2, 0.25) is 0 Å². The summed E-state index contributed by atoms with van der Waals surface area (Å²) in [6, 6.07) is 3.61. The van der Waals surface area contributed by atoms with Crippen LogP contribution in [0.15, 0.2) is 43.1 Å². The third-order valence-corrected chi connectivity index (χ3v) is 4.84. The molecule has 30 heavy (non-hydrogen) atoms. The topological polar surface area (TPSA) is 95.7 Å². The molecule has 0 aliphatic carbocycles. The third kappa shape index (κ3) is 5.37. The Bertz CT molecular complexity index is 1010. The molecule has 0 radical (unpaired) electrons. The molecule has 0 saturated heterocycles. The standard InChI is InChI=1S/C21H27FN6O2/c1-14(2)27(13-18(22)21(3,4)30)11-15-7-17(10-23-8-15)26-20(29)16-9-24-19-5-6-25-28(19)12-16/h5-10,12,14,18,30H,11,13H2,1-4H3,(H,26,29). The van der Waals surface area contributed by atoms with E-state index in [0.717, 1.165) is 5.56 Å². The Hall–Kier alpha value is -2.91. The van der Waals surface area contributed by atoms with Gasteiger partial charge in [-0.3, -0.25) is 14.7 Å². The Morgan fingerprint density at radius 1 is 1.33 bits per heavy atom. The van der Waals surface area contributed by atoms with Crippen LogP contribution in [0.3, 0.4) is 0 Å². The summed E-state index contributed by atoms with van der Waals surface area (Å²) in [5.74, 6) is -0.328. The number of anilines is 1. The summed E-state index contributed by atoms with van der Waals surface area (Å²) in [5, 5.41) is 16.8. The molecule has 1 amide bonds. The molecule has 1 unspecified atom stereocenters. The Balaban J connectivity index is 1.70. The van der Waals surface area contributed by atoms with Crippen LogP contribution >= 0.6 is 0 Å². The number of nitrogens with one attached hydrogen (secondary N) is 1. The first-order chi connectivity index (χ1) is 14.1. The normalized spacial score (nSPS) is 13.2. The number of aliphatic hydroxyl groups is 1. The van der Waals surface area contributed by atoms with Crippen LogP contribution in [0.1, 0.15) is 43.6 Å². The molecule has 0 fully saturated rings. The number of pyridine rings is 1. The molecule has 3 aromatic heterocycles. The predicted octanol–water partition coefficient (Wildman–Crippen LogP) is 2.70. The van der Waals surface area contributed by atoms with E-state index < -0.39 is 11.8 Å². The summed E-state index contributed by atoms with van der Waals surface area (Å²) in [7, 11) is 0. The monoisotopic (exact) mass is 414 g/mol. The minimum absolute atomic E-state index is 0.0655. The summed E-state index contributed by atoms with van der Waals surface area (Å²) in [4.78, 5) is 22.9. The first-order valence-corrected chi connectivity index (χ1v) is 9.78. The minimum atomic E-state index is -1.41. The minimum Gasteiger partial charge on any atom is -0.387 e. The second kappa shape index (κ2) is 8.85. The van der Waals surface area contributed by atoms with Gasteiger partial charge in [0.2, 0.25) is 0 Å². The zero-order valence-corrected chi connectivity index (χ0v) is 17.6. The Morgan fingerprint density at radius 3 is 2.80 bits per heavy atom. The average molecular weight is 414 g/mol. The second-order valence-electron chi connectivity index (χ2n) is 8.16. The molecule has 0 aromatic carbocycles. The number of amides is 1. The van der Waals surface area contributed by atoms with E-state index in [-0.39, 0.29) is 18.5 Å². The molecule has 0 aliphatic heterocycles. The maximum Gasteiger partial charge on any atom is 0.258 e. The first kappa shape index (κ1) is 21.8. The van der Waals surface area contributed by atoms with Crippen molar-refractivity contribution in [3.63, 3.8) is 0 Å². The number of nitrogens with zero attached hydrogens (tertiary/aromatic N) is 5. The van der Waals surface area contributed by atoms with E-state index in [4.69, 9.17) is 0 Å². The van der Waals surface area contributed by atoms with Gasteiger partial charge in [0.25, 0.3) is 5.91 Å². The molecular formula is C21H27FN6O2. The SMILES string of the molecule is CC(C)N(Cc1cncc(NC(=O)c2cnc3ccnn3c2)c1)CC(F)C(C)(C)O. The van der Waals surface area contributed by atoms with Gasteiger partial charge in [-0.1, -0.05) is 0 Å². The number of hydrogen-bond acceptors (Lipinski definition) is 6. The lowest BCUT2D eigenvalue weighted by molar-refractivity contribution is -0.0237. The van der Waals surface area contributed by atoms with Crippen molar-refractivity contribution in [1.29, 1.82) is 0 Å². The number of carbonyl (C=O) groups excluding carboxylic acids is 1. The van der Waals surface area contributed by atoms with Gasteiger partial charge >= 0.3 is 0 Å². The molecule has 0 aliphatic rings. The molecule has 3 aromatic rings. The molecule has 0 saturated carbocycles. The summed E-state index contributed by atoms with van der Waals surface area (Å²) in [6.45, 7) is 7.38. The van der Waals surface area contributed by atoms with Crippen LogP contribution in [0.25, 0.3) is 5.65 Å². The fraction of sp³-hybridized carbons (Fsp3) is 0.429. The highest BCUT2D eigenvalue weighted by atomic mass is 19.1. The van der Waals surface area contributed by atoms with Gasteiger partial charge in [0.15, 0.2) is 5.65 Å². The number of rotatable bonds is 8. The maximum atomic E-state index is 14.4. The van der Waals surface area contributed by atoms with Gasteiger partial charge in [-0.15, -0.1) is 0 Å². The summed E-state index contributed by atoms with van der Waals surface area (Å²) in [5.41, 5.74) is 0.962. The third-order valence-electron chi connectivity index (χ3n) is 4.84. The van der Waals surface area contributed by atoms with Gasteiger partial charge in [0.1, 0.15) is 6.17 Å². The van der Waals surface area contributed by atoms with Crippen molar-refractivity contribution >= 4 is 17.2 Å². The van der Waals surface area contributed by atoms with Crippen molar-refractivity contribution in [1.82, 2.24) is 24.5 Å². The van der Waals surface area contributed by atoms with Crippen LogP contribution in [0.5, 0.6) is 0 Å². The van der Waals surface area contributed by atoms with Crippen LogP contribution < -0.4 is 5.32 Å². The molecule has 8 nitrogen and oxygen atoms in total. The van der Waals surface area contributed by atoms with Crippen molar-refractivity contribution < 1.29 is 14.3 Å². The largest absolute Gasteiger partial charge is 0.387 e. The van der Waals surface area contributed by atoms with Crippen LogP contribution in [0.4, 0.5) is 10.1 Å². The predicted molar refractivity (Wildman–Crippen MR) is 112 cm³/mol. The number of alkyl halides is 1. The Morgan fingerprint density at radius 2 is 2.10 bits per heavy atom. The zero-order valence-electron chi connectivity index (χ0n) is 17.6. The number of carbonyl (C=O) groups is 1. The number of halogens is 1. The van der Waals surface area contributed by atoms with Gasteiger partial charge in [-0.2, -0.15) is 5.10 Å². The lowest BCUT2D eigenvalue weighted by Gasteiger charge is -2.32. The summed E-state index contributed by atoms with van der Waals surface area (Å²) < 4.78 is 15.9.